The van der Waals surface area contributed by atoms with Crippen LogP contribution in [-0.2, 0) is 0 Å². The molecule has 0 aromatic heterocycles. The zero-order valence-corrected chi connectivity index (χ0v) is 4.93. The summed E-state index contributed by atoms with van der Waals surface area (Å²) in [6, 6.07) is 0. The van der Waals surface area contributed by atoms with E-state index in [-0.39, 0.29) is 12.8 Å². The van der Waals surface area contributed by atoms with E-state index in [0.717, 1.165) is 0 Å². The van der Waals surface area contributed by atoms with Gasteiger partial charge in [0.25, 0.3) is 0 Å². The average Bonchev–Trinajstić information content (AvgIpc) is 1.93. The summed E-state index contributed by atoms with van der Waals surface area (Å²) in [7, 11) is 0. The Bertz CT molecular complexity index is 190. The van der Waals surface area contributed by atoms with E-state index >= 15 is 0 Å². The average molecular weight is 152 g/mol. The molecule has 0 saturated heterocycles. The maximum atomic E-state index is 12.1. The van der Waals surface area contributed by atoms with Crippen molar-refractivity contribution in [3.05, 3.63) is 23.3 Å². The SMILES string of the molecule is FC1=C(F)C(F)=C(F)CC1. The zero-order chi connectivity index (χ0) is 7.72. The minimum Gasteiger partial charge on any atom is -0.208 e. The summed E-state index contributed by atoms with van der Waals surface area (Å²) in [6.45, 7) is 0. The van der Waals surface area contributed by atoms with E-state index in [2.05, 4.69) is 0 Å². The highest BCUT2D eigenvalue weighted by Gasteiger charge is 2.22. The molecular formula is C6H4F4. The highest BCUT2D eigenvalue weighted by atomic mass is 19.2. The Kier molecular flexibility index (Phi) is 1.78. The lowest BCUT2D eigenvalue weighted by Crippen LogP contribution is -1.94. The van der Waals surface area contributed by atoms with Crippen LogP contribution in [0.5, 0.6) is 0 Å². The summed E-state index contributed by atoms with van der Waals surface area (Å²) in [6.07, 6.45) is -0.768. The first-order chi connectivity index (χ1) is 4.63. The lowest BCUT2D eigenvalue weighted by molar-refractivity contribution is 0.412. The molecule has 1 aliphatic rings. The molecule has 0 amide bonds. The van der Waals surface area contributed by atoms with Crippen LogP contribution in [0.15, 0.2) is 23.3 Å². The minimum absolute atomic E-state index is 0.384. The monoisotopic (exact) mass is 152 g/mol. The first kappa shape index (κ1) is 7.31. The van der Waals surface area contributed by atoms with Crippen molar-refractivity contribution in [3.8, 4) is 0 Å². The van der Waals surface area contributed by atoms with Crippen LogP contribution >= 0.6 is 0 Å². The Morgan fingerprint density at radius 1 is 0.700 bits per heavy atom. The van der Waals surface area contributed by atoms with Gasteiger partial charge < -0.3 is 0 Å². The third-order valence-corrected chi connectivity index (χ3v) is 1.23. The molecule has 1 aliphatic carbocycles. The van der Waals surface area contributed by atoms with Crippen LogP contribution in [0.3, 0.4) is 0 Å². The van der Waals surface area contributed by atoms with Crippen LogP contribution in [0.4, 0.5) is 17.6 Å². The lowest BCUT2D eigenvalue weighted by Gasteiger charge is -2.05. The molecular weight excluding hydrogens is 148 g/mol. The van der Waals surface area contributed by atoms with Gasteiger partial charge in [0.1, 0.15) is 11.7 Å². The topological polar surface area (TPSA) is 0 Å². The number of hydrogen-bond acceptors (Lipinski definition) is 0. The van der Waals surface area contributed by atoms with E-state index in [1.807, 2.05) is 0 Å². The smallest absolute Gasteiger partial charge is 0.192 e. The van der Waals surface area contributed by atoms with E-state index in [4.69, 9.17) is 0 Å². The third-order valence-electron chi connectivity index (χ3n) is 1.23. The summed E-state index contributed by atoms with van der Waals surface area (Å²) < 4.78 is 48.2. The summed E-state index contributed by atoms with van der Waals surface area (Å²) in [5.41, 5.74) is 0. The molecule has 4 heteroatoms. The standard InChI is InChI=1S/C6H4F4/c7-3-1-2-4(8)6(10)5(3)9/h1-2H2. The molecule has 56 valence electrons. The summed E-state index contributed by atoms with van der Waals surface area (Å²) >= 11 is 0. The number of halogens is 4. The van der Waals surface area contributed by atoms with Gasteiger partial charge in [-0.3, -0.25) is 0 Å². The van der Waals surface area contributed by atoms with Crippen molar-refractivity contribution in [1.29, 1.82) is 0 Å². The molecule has 0 bridgehead atoms. The van der Waals surface area contributed by atoms with Crippen molar-refractivity contribution < 1.29 is 17.6 Å². The van der Waals surface area contributed by atoms with Crippen LogP contribution in [0.25, 0.3) is 0 Å². The maximum Gasteiger partial charge on any atom is 0.192 e. The first-order valence-corrected chi connectivity index (χ1v) is 2.71. The number of hydrogen-bond donors (Lipinski definition) is 0. The summed E-state index contributed by atoms with van der Waals surface area (Å²) in [4.78, 5) is 0. The van der Waals surface area contributed by atoms with Crippen molar-refractivity contribution >= 4 is 0 Å². The Morgan fingerprint density at radius 3 is 1.30 bits per heavy atom. The van der Waals surface area contributed by atoms with Gasteiger partial charge in [0.05, 0.1) is 0 Å². The molecule has 0 saturated carbocycles. The number of rotatable bonds is 0. The fourth-order valence-corrected chi connectivity index (χ4v) is 0.677. The Morgan fingerprint density at radius 2 is 1.00 bits per heavy atom. The molecule has 10 heavy (non-hydrogen) atoms. The quantitative estimate of drug-likeness (QED) is 0.468. The van der Waals surface area contributed by atoms with E-state index in [1.165, 1.54) is 0 Å². The van der Waals surface area contributed by atoms with Gasteiger partial charge in [-0.15, -0.1) is 0 Å². The molecule has 0 aromatic rings. The predicted molar refractivity (Wildman–Crippen MR) is 27.7 cm³/mol. The Labute approximate surface area is 54.8 Å². The highest BCUT2D eigenvalue weighted by molar-refractivity contribution is 5.28. The van der Waals surface area contributed by atoms with E-state index < -0.39 is 23.3 Å². The van der Waals surface area contributed by atoms with Gasteiger partial charge in [0.15, 0.2) is 11.7 Å². The molecule has 0 nitrogen and oxygen atoms in total. The Hall–Kier alpha value is -0.800. The van der Waals surface area contributed by atoms with Crippen LogP contribution in [0, 0.1) is 0 Å². The molecule has 0 aromatic carbocycles. The second-order valence-electron chi connectivity index (χ2n) is 1.94. The molecule has 0 aliphatic heterocycles. The van der Waals surface area contributed by atoms with Gasteiger partial charge in [-0.1, -0.05) is 0 Å². The van der Waals surface area contributed by atoms with Crippen molar-refractivity contribution in [2.24, 2.45) is 0 Å². The molecule has 0 atom stereocenters. The van der Waals surface area contributed by atoms with Gasteiger partial charge in [0.2, 0.25) is 0 Å². The summed E-state index contributed by atoms with van der Waals surface area (Å²) in [5.74, 6) is -5.80. The van der Waals surface area contributed by atoms with Crippen molar-refractivity contribution in [2.45, 2.75) is 12.8 Å². The van der Waals surface area contributed by atoms with E-state index in [0.29, 0.717) is 0 Å². The van der Waals surface area contributed by atoms with Gasteiger partial charge in [0, 0.05) is 12.8 Å². The molecule has 0 fully saturated rings. The van der Waals surface area contributed by atoms with Crippen LogP contribution in [-0.4, -0.2) is 0 Å². The fourth-order valence-electron chi connectivity index (χ4n) is 0.677. The zero-order valence-electron chi connectivity index (χ0n) is 4.93. The second-order valence-corrected chi connectivity index (χ2v) is 1.94. The van der Waals surface area contributed by atoms with Crippen LogP contribution in [0.2, 0.25) is 0 Å². The molecule has 0 radical (unpaired) electrons. The molecule has 0 spiro atoms. The maximum absolute atomic E-state index is 12.1. The normalized spacial score (nSPS) is 20.4. The largest absolute Gasteiger partial charge is 0.208 e. The highest BCUT2D eigenvalue weighted by Crippen LogP contribution is 2.32. The minimum atomic E-state index is -1.69. The van der Waals surface area contributed by atoms with Gasteiger partial charge in [-0.25, -0.2) is 17.6 Å². The van der Waals surface area contributed by atoms with E-state index in [9.17, 15) is 17.6 Å². The van der Waals surface area contributed by atoms with Gasteiger partial charge >= 0.3 is 0 Å². The van der Waals surface area contributed by atoms with Gasteiger partial charge in [-0.05, 0) is 0 Å². The fraction of sp³-hybridized carbons (Fsp3) is 0.333. The molecule has 1 rings (SSSR count). The summed E-state index contributed by atoms with van der Waals surface area (Å²) in [5, 5.41) is 0. The first-order valence-electron chi connectivity index (χ1n) is 2.71. The van der Waals surface area contributed by atoms with Gasteiger partial charge in [-0.2, -0.15) is 0 Å². The van der Waals surface area contributed by atoms with E-state index in [1.54, 1.807) is 0 Å². The van der Waals surface area contributed by atoms with Crippen molar-refractivity contribution in [2.75, 3.05) is 0 Å². The van der Waals surface area contributed by atoms with Crippen LogP contribution < -0.4 is 0 Å². The van der Waals surface area contributed by atoms with Crippen molar-refractivity contribution in [3.63, 3.8) is 0 Å². The molecule has 0 N–H and O–H groups in total. The lowest BCUT2D eigenvalue weighted by atomic mass is 10.1. The second kappa shape index (κ2) is 2.44. The Balaban J connectivity index is 3.01. The predicted octanol–water partition coefficient (Wildman–Crippen LogP) is 3.08. The third kappa shape index (κ3) is 1.05. The molecule has 0 heterocycles. The van der Waals surface area contributed by atoms with Crippen molar-refractivity contribution in [1.82, 2.24) is 0 Å². The number of allylic oxidation sites excluding steroid dienone is 4. The van der Waals surface area contributed by atoms with Crippen LogP contribution in [0.1, 0.15) is 12.8 Å². The molecule has 0 unspecified atom stereocenters.